The lowest BCUT2D eigenvalue weighted by Gasteiger charge is -2.34. The van der Waals surface area contributed by atoms with E-state index in [1.807, 2.05) is 26.0 Å². The van der Waals surface area contributed by atoms with E-state index in [9.17, 15) is 13.2 Å². The first-order valence-corrected chi connectivity index (χ1v) is 10.0. The van der Waals surface area contributed by atoms with Crippen molar-refractivity contribution < 1.29 is 17.9 Å². The number of anilines is 1. The third-order valence-corrected chi connectivity index (χ3v) is 6.50. The highest BCUT2D eigenvalue weighted by atomic mass is 32.2. The van der Waals surface area contributed by atoms with E-state index in [0.717, 1.165) is 11.1 Å². The van der Waals surface area contributed by atoms with E-state index in [1.54, 1.807) is 18.2 Å². The molecule has 2 aromatic rings. The van der Waals surface area contributed by atoms with Gasteiger partial charge in [0.1, 0.15) is 11.9 Å². The monoisotopic (exact) mass is 372 g/mol. The van der Waals surface area contributed by atoms with Gasteiger partial charge in [0, 0.05) is 12.1 Å². The number of rotatable bonds is 2. The number of sulfonamides is 1. The van der Waals surface area contributed by atoms with Gasteiger partial charge in [-0.2, -0.15) is 0 Å². The summed E-state index contributed by atoms with van der Waals surface area (Å²) in [6.07, 6.45) is 0.443. The summed E-state index contributed by atoms with van der Waals surface area (Å²) in [5.41, 5.74) is 2.83. The second-order valence-electron chi connectivity index (χ2n) is 6.76. The number of carbonyl (C=O) groups excluding carboxylic acids is 1. The fraction of sp³-hybridized carbons (Fsp3) is 0.316. The average molecular weight is 372 g/mol. The van der Waals surface area contributed by atoms with Crippen LogP contribution < -0.4 is 14.4 Å². The van der Waals surface area contributed by atoms with Crippen molar-refractivity contribution in [2.45, 2.75) is 31.3 Å². The minimum atomic E-state index is -3.80. The summed E-state index contributed by atoms with van der Waals surface area (Å²) < 4.78 is 33.8. The highest BCUT2D eigenvalue weighted by molar-refractivity contribution is 7.92. The number of amides is 1. The van der Waals surface area contributed by atoms with Crippen molar-refractivity contribution in [1.29, 1.82) is 0 Å². The first-order valence-electron chi connectivity index (χ1n) is 8.57. The average Bonchev–Trinajstić information content (AvgIpc) is 2.60. The minimum Gasteiger partial charge on any atom is -0.487 e. The number of fused-ring (bicyclic) bond motifs is 2. The lowest BCUT2D eigenvalue weighted by atomic mass is 10.0. The van der Waals surface area contributed by atoms with E-state index in [4.69, 9.17) is 4.74 Å². The molecule has 0 spiro atoms. The van der Waals surface area contributed by atoms with Gasteiger partial charge in [-0.1, -0.05) is 12.1 Å². The Morgan fingerprint density at radius 1 is 1.19 bits per heavy atom. The Hall–Kier alpha value is -2.54. The maximum Gasteiger partial charge on any atom is 0.264 e. The highest BCUT2D eigenvalue weighted by Crippen LogP contribution is 2.37. The number of carbonyl (C=O) groups is 1. The Bertz CT molecular complexity index is 1000. The molecule has 26 heavy (non-hydrogen) atoms. The van der Waals surface area contributed by atoms with Gasteiger partial charge < -0.3 is 10.1 Å². The lowest BCUT2D eigenvalue weighted by molar-refractivity contribution is 0.0945. The van der Waals surface area contributed by atoms with Crippen molar-refractivity contribution >= 4 is 21.6 Å². The van der Waals surface area contributed by atoms with E-state index in [0.29, 0.717) is 30.0 Å². The largest absolute Gasteiger partial charge is 0.487 e. The number of aryl methyl sites for hydroxylation is 1. The molecule has 0 aromatic heterocycles. The van der Waals surface area contributed by atoms with Gasteiger partial charge in [0.15, 0.2) is 0 Å². The molecule has 0 bridgehead atoms. The van der Waals surface area contributed by atoms with Gasteiger partial charge in [-0.15, -0.1) is 0 Å². The number of hydrogen-bond acceptors (Lipinski definition) is 4. The second-order valence-corrected chi connectivity index (χ2v) is 8.62. The van der Waals surface area contributed by atoms with Crippen LogP contribution in [0.2, 0.25) is 0 Å². The summed E-state index contributed by atoms with van der Waals surface area (Å²) in [4.78, 5) is 12.2. The van der Waals surface area contributed by atoms with E-state index in [-0.39, 0.29) is 23.5 Å². The number of nitrogens with one attached hydrogen (secondary N) is 1. The van der Waals surface area contributed by atoms with Crippen LogP contribution in [0.15, 0.2) is 41.3 Å². The summed E-state index contributed by atoms with van der Waals surface area (Å²) in [5.74, 6) is 0.331. The molecule has 4 rings (SSSR count). The molecule has 2 aromatic carbocycles. The quantitative estimate of drug-likeness (QED) is 0.877. The molecular formula is C19H20N2O4S. The maximum absolute atomic E-state index is 13.3. The molecular weight excluding hydrogens is 352 g/mol. The third kappa shape index (κ3) is 2.72. The Labute approximate surface area is 152 Å². The Morgan fingerprint density at radius 2 is 2.00 bits per heavy atom. The molecule has 6 nitrogen and oxygen atoms in total. The van der Waals surface area contributed by atoms with Gasteiger partial charge in [0.25, 0.3) is 15.9 Å². The normalized spacial score (nSPS) is 19.2. The van der Waals surface area contributed by atoms with Crippen LogP contribution in [0.1, 0.15) is 28.4 Å². The first-order chi connectivity index (χ1) is 12.4. The molecule has 0 aliphatic carbocycles. The standard InChI is InChI=1S/C19H20N2O4S/c1-12-3-6-17-18(9-12)25-13(2)11-21(17)26(23,24)15-5-4-14-7-8-20-19(22)16(14)10-15/h3-6,9-10,13H,7-8,11H2,1-2H3,(H,20,22)/t13-/m1/s1. The number of benzene rings is 2. The zero-order valence-corrected chi connectivity index (χ0v) is 15.5. The topological polar surface area (TPSA) is 75.7 Å². The predicted octanol–water partition coefficient (Wildman–Crippen LogP) is 2.26. The van der Waals surface area contributed by atoms with E-state index in [2.05, 4.69) is 5.32 Å². The van der Waals surface area contributed by atoms with Gasteiger partial charge in [0.2, 0.25) is 0 Å². The molecule has 0 saturated carbocycles. The van der Waals surface area contributed by atoms with Crippen molar-refractivity contribution in [2.75, 3.05) is 17.4 Å². The predicted molar refractivity (Wildman–Crippen MR) is 98.3 cm³/mol. The van der Waals surface area contributed by atoms with Gasteiger partial charge in [-0.3, -0.25) is 9.10 Å². The van der Waals surface area contributed by atoms with Gasteiger partial charge in [-0.25, -0.2) is 8.42 Å². The smallest absolute Gasteiger partial charge is 0.264 e. The van der Waals surface area contributed by atoms with Crippen molar-refractivity contribution in [3.05, 3.63) is 53.1 Å². The molecule has 2 heterocycles. The van der Waals surface area contributed by atoms with E-state index >= 15 is 0 Å². The molecule has 0 fully saturated rings. The van der Waals surface area contributed by atoms with Crippen LogP contribution in [0.4, 0.5) is 5.69 Å². The molecule has 2 aliphatic rings. The van der Waals surface area contributed by atoms with Crippen LogP contribution in [0.25, 0.3) is 0 Å². The Morgan fingerprint density at radius 3 is 2.81 bits per heavy atom. The van der Waals surface area contributed by atoms with E-state index < -0.39 is 10.0 Å². The zero-order valence-electron chi connectivity index (χ0n) is 14.7. The Kier molecular flexibility index (Phi) is 3.91. The van der Waals surface area contributed by atoms with Crippen LogP contribution >= 0.6 is 0 Å². The summed E-state index contributed by atoms with van der Waals surface area (Å²) in [5, 5.41) is 2.76. The highest BCUT2D eigenvalue weighted by Gasteiger charge is 2.33. The molecule has 0 radical (unpaired) electrons. The van der Waals surface area contributed by atoms with Crippen molar-refractivity contribution in [1.82, 2.24) is 5.32 Å². The van der Waals surface area contributed by atoms with Crippen molar-refractivity contribution in [3.63, 3.8) is 0 Å². The zero-order chi connectivity index (χ0) is 18.5. The van der Waals surface area contributed by atoms with Gasteiger partial charge >= 0.3 is 0 Å². The van der Waals surface area contributed by atoms with Crippen molar-refractivity contribution in [2.24, 2.45) is 0 Å². The molecule has 136 valence electrons. The summed E-state index contributed by atoms with van der Waals surface area (Å²) in [6.45, 7) is 4.57. The fourth-order valence-corrected chi connectivity index (χ4v) is 4.99. The molecule has 7 heteroatoms. The maximum atomic E-state index is 13.3. The minimum absolute atomic E-state index is 0.119. The van der Waals surface area contributed by atoms with Crippen molar-refractivity contribution in [3.8, 4) is 5.75 Å². The molecule has 0 saturated heterocycles. The molecule has 1 N–H and O–H groups in total. The van der Waals surface area contributed by atoms with Crippen LogP contribution in [0, 0.1) is 6.92 Å². The molecule has 2 aliphatic heterocycles. The summed E-state index contributed by atoms with van der Waals surface area (Å²) in [7, 11) is -3.80. The SMILES string of the molecule is Cc1ccc2c(c1)O[C@H](C)CN2S(=O)(=O)c1ccc2c(c1)C(=O)NCC2. The van der Waals surface area contributed by atoms with Gasteiger partial charge in [-0.05, 0) is 55.7 Å². The van der Waals surface area contributed by atoms with Crippen LogP contribution in [-0.2, 0) is 16.4 Å². The number of ether oxygens (including phenoxy) is 1. The second kappa shape index (κ2) is 6.02. The third-order valence-electron chi connectivity index (χ3n) is 4.73. The summed E-state index contributed by atoms with van der Waals surface area (Å²) in [6, 6.07) is 10.3. The number of nitrogens with zero attached hydrogens (tertiary/aromatic N) is 1. The Balaban J connectivity index is 1.81. The first kappa shape index (κ1) is 16.9. The summed E-state index contributed by atoms with van der Waals surface area (Å²) >= 11 is 0. The molecule has 1 atom stereocenters. The number of hydrogen-bond donors (Lipinski definition) is 1. The molecule has 1 amide bonds. The fourth-order valence-electron chi connectivity index (χ4n) is 3.41. The van der Waals surface area contributed by atoms with E-state index in [1.165, 1.54) is 10.4 Å². The van der Waals surface area contributed by atoms with Crippen LogP contribution in [0.5, 0.6) is 5.75 Å². The van der Waals surface area contributed by atoms with Crippen LogP contribution in [-0.4, -0.2) is 33.5 Å². The lowest BCUT2D eigenvalue weighted by Crippen LogP contribution is -2.42. The molecule has 0 unspecified atom stereocenters. The van der Waals surface area contributed by atoms with Gasteiger partial charge in [0.05, 0.1) is 17.1 Å². The van der Waals surface area contributed by atoms with Crippen LogP contribution in [0.3, 0.4) is 0 Å².